The highest BCUT2D eigenvalue weighted by Gasteiger charge is 2.28. The van der Waals surface area contributed by atoms with E-state index in [4.69, 9.17) is 4.74 Å². The van der Waals surface area contributed by atoms with Gasteiger partial charge in [0.15, 0.2) is 18.4 Å². The molecule has 0 aliphatic heterocycles. The molecule has 2 aromatic carbocycles. The molecule has 1 heterocycles. The molecule has 11 heteroatoms. The number of guanidine groups is 1. The first-order chi connectivity index (χ1) is 15.3. The van der Waals surface area contributed by atoms with Crippen LogP contribution in [0.4, 0.5) is 13.2 Å². The average molecular weight is 574 g/mol. The number of H-pyrrole nitrogens is 1. The summed E-state index contributed by atoms with van der Waals surface area (Å²) >= 11 is 0. The summed E-state index contributed by atoms with van der Waals surface area (Å²) in [6.07, 6.45) is -2.95. The molecule has 0 radical (unpaired) electrons. The Kier molecular flexibility index (Phi) is 9.95. The second kappa shape index (κ2) is 12.4. The molecule has 0 amide bonds. The van der Waals surface area contributed by atoms with Crippen molar-refractivity contribution in [1.29, 1.82) is 0 Å². The third kappa shape index (κ3) is 8.56. The second-order valence-electron chi connectivity index (χ2n) is 7.10. The van der Waals surface area contributed by atoms with Gasteiger partial charge in [0.05, 0.1) is 6.54 Å². The number of nitrogens with zero attached hydrogens (tertiary/aromatic N) is 3. The monoisotopic (exact) mass is 574 g/mol. The summed E-state index contributed by atoms with van der Waals surface area (Å²) in [4.78, 5) is 8.73. The zero-order chi connectivity index (χ0) is 23.0. The number of alkyl halides is 3. The van der Waals surface area contributed by atoms with Gasteiger partial charge in [0.25, 0.3) is 0 Å². The number of rotatable bonds is 8. The molecule has 0 saturated heterocycles. The quantitative estimate of drug-likeness (QED) is 0.208. The fourth-order valence-electron chi connectivity index (χ4n) is 2.95. The predicted octanol–water partition coefficient (Wildman–Crippen LogP) is 4.59. The molecule has 3 rings (SSSR count). The van der Waals surface area contributed by atoms with E-state index in [-0.39, 0.29) is 36.3 Å². The van der Waals surface area contributed by atoms with Gasteiger partial charge in [0.1, 0.15) is 12.1 Å². The molecule has 0 fully saturated rings. The lowest BCUT2D eigenvalue weighted by Crippen LogP contribution is -2.37. The van der Waals surface area contributed by atoms with Gasteiger partial charge in [0.2, 0.25) is 0 Å². The van der Waals surface area contributed by atoms with Crippen LogP contribution in [0.2, 0.25) is 0 Å². The number of aromatic amines is 1. The Morgan fingerprint density at radius 1 is 1.15 bits per heavy atom. The number of aliphatic imine (C=N–C) groups is 1. The van der Waals surface area contributed by atoms with Crippen molar-refractivity contribution in [2.45, 2.75) is 33.1 Å². The Morgan fingerprint density at radius 3 is 2.67 bits per heavy atom. The van der Waals surface area contributed by atoms with Crippen LogP contribution in [-0.2, 0) is 13.1 Å². The molecule has 0 spiro atoms. The maximum atomic E-state index is 12.6. The Bertz CT molecular complexity index is 1040. The van der Waals surface area contributed by atoms with E-state index in [0.29, 0.717) is 30.4 Å². The van der Waals surface area contributed by atoms with Gasteiger partial charge in [-0.15, -0.1) is 24.0 Å². The van der Waals surface area contributed by atoms with Crippen molar-refractivity contribution in [2.75, 3.05) is 13.2 Å². The molecular weight excluding hydrogens is 548 g/mol. The molecule has 0 unspecified atom stereocenters. The first kappa shape index (κ1) is 26.4. The van der Waals surface area contributed by atoms with Crippen LogP contribution in [0.15, 0.2) is 53.8 Å². The van der Waals surface area contributed by atoms with Crippen molar-refractivity contribution >= 4 is 29.9 Å². The van der Waals surface area contributed by atoms with Crippen LogP contribution in [0.25, 0.3) is 11.4 Å². The van der Waals surface area contributed by atoms with Gasteiger partial charge in [-0.25, -0.2) is 9.98 Å². The lowest BCUT2D eigenvalue weighted by atomic mass is 10.1. The van der Waals surface area contributed by atoms with Crippen LogP contribution in [0.1, 0.15) is 23.6 Å². The van der Waals surface area contributed by atoms with Crippen LogP contribution in [0, 0.1) is 6.92 Å². The van der Waals surface area contributed by atoms with Crippen molar-refractivity contribution in [1.82, 2.24) is 25.8 Å². The zero-order valence-corrected chi connectivity index (χ0v) is 20.6. The van der Waals surface area contributed by atoms with E-state index in [2.05, 4.69) is 30.8 Å². The minimum atomic E-state index is -4.40. The molecule has 3 aromatic rings. The van der Waals surface area contributed by atoms with Crippen LogP contribution in [0.5, 0.6) is 5.75 Å². The number of ether oxygens (including phenoxy) is 1. The van der Waals surface area contributed by atoms with E-state index in [1.54, 1.807) is 19.1 Å². The number of hydrogen-bond acceptors (Lipinski definition) is 4. The zero-order valence-electron chi connectivity index (χ0n) is 18.2. The van der Waals surface area contributed by atoms with Crippen LogP contribution >= 0.6 is 24.0 Å². The summed E-state index contributed by atoms with van der Waals surface area (Å²) in [5.74, 6) is 1.41. The van der Waals surface area contributed by atoms with E-state index in [1.807, 2.05) is 37.3 Å². The second-order valence-corrected chi connectivity index (χ2v) is 7.10. The number of hydrogen-bond donors (Lipinski definition) is 3. The lowest BCUT2D eigenvalue weighted by molar-refractivity contribution is -0.153. The van der Waals surface area contributed by atoms with E-state index in [0.717, 1.165) is 16.7 Å². The SMILES string of the molecule is CCNC(=NCc1cccc(-c2ncn[nH]2)c1)NCc1ccc(C)cc1OCC(F)(F)F.I. The Labute approximate surface area is 207 Å². The van der Waals surface area contributed by atoms with Crippen LogP contribution < -0.4 is 15.4 Å². The van der Waals surface area contributed by atoms with Gasteiger partial charge in [0, 0.05) is 24.2 Å². The largest absolute Gasteiger partial charge is 0.484 e. The third-order valence-electron chi connectivity index (χ3n) is 4.44. The maximum Gasteiger partial charge on any atom is 0.422 e. The van der Waals surface area contributed by atoms with Gasteiger partial charge in [-0.1, -0.05) is 30.3 Å². The van der Waals surface area contributed by atoms with Crippen molar-refractivity contribution in [2.24, 2.45) is 4.99 Å². The van der Waals surface area contributed by atoms with Crippen molar-refractivity contribution in [3.63, 3.8) is 0 Å². The lowest BCUT2D eigenvalue weighted by Gasteiger charge is -2.16. The number of halogens is 4. The average Bonchev–Trinajstić information content (AvgIpc) is 3.30. The van der Waals surface area contributed by atoms with Crippen LogP contribution in [-0.4, -0.2) is 40.5 Å². The minimum Gasteiger partial charge on any atom is -0.484 e. The highest BCUT2D eigenvalue weighted by atomic mass is 127. The Balaban J connectivity index is 0.00000385. The molecule has 0 atom stereocenters. The Morgan fingerprint density at radius 2 is 1.97 bits per heavy atom. The molecule has 7 nitrogen and oxygen atoms in total. The third-order valence-corrected chi connectivity index (χ3v) is 4.44. The van der Waals surface area contributed by atoms with Crippen LogP contribution in [0.3, 0.4) is 0 Å². The van der Waals surface area contributed by atoms with Gasteiger partial charge < -0.3 is 15.4 Å². The van der Waals surface area contributed by atoms with E-state index in [1.165, 1.54) is 6.33 Å². The molecule has 0 aliphatic rings. The summed E-state index contributed by atoms with van der Waals surface area (Å²) in [5.41, 5.74) is 3.30. The van der Waals surface area contributed by atoms with Crippen molar-refractivity contribution < 1.29 is 17.9 Å². The first-order valence-electron chi connectivity index (χ1n) is 10.1. The van der Waals surface area contributed by atoms with Gasteiger partial charge >= 0.3 is 6.18 Å². The normalized spacial score (nSPS) is 11.6. The van der Waals surface area contributed by atoms with Gasteiger partial charge in [-0.2, -0.15) is 18.3 Å². The summed E-state index contributed by atoms with van der Waals surface area (Å²) in [7, 11) is 0. The number of aromatic nitrogens is 3. The van der Waals surface area contributed by atoms with Crippen molar-refractivity contribution in [3.8, 4) is 17.1 Å². The molecule has 0 bridgehead atoms. The number of benzene rings is 2. The smallest absolute Gasteiger partial charge is 0.422 e. The number of aryl methyl sites for hydroxylation is 1. The molecule has 0 saturated carbocycles. The Hall–Kier alpha value is -2.83. The molecule has 33 heavy (non-hydrogen) atoms. The minimum absolute atomic E-state index is 0. The highest BCUT2D eigenvalue weighted by molar-refractivity contribution is 14.0. The number of nitrogens with one attached hydrogen (secondary N) is 3. The maximum absolute atomic E-state index is 12.6. The summed E-state index contributed by atoms with van der Waals surface area (Å²) in [6.45, 7) is 3.70. The molecular formula is C22H26F3IN6O. The topological polar surface area (TPSA) is 87.2 Å². The molecule has 3 N–H and O–H groups in total. The van der Waals surface area contributed by atoms with Gasteiger partial charge in [-0.3, -0.25) is 5.10 Å². The standard InChI is InChI=1S/C22H25F3N6O.HI/c1-3-26-21(27-11-16-5-4-6-17(10-16)20-29-14-30-31-20)28-12-18-8-7-15(2)9-19(18)32-13-22(23,24)25;/h4-10,14H,3,11-13H2,1-2H3,(H2,26,27,28)(H,29,30,31);1H. The molecule has 0 aliphatic carbocycles. The van der Waals surface area contributed by atoms with Gasteiger partial charge in [-0.05, 0) is 37.1 Å². The molecule has 178 valence electrons. The summed E-state index contributed by atoms with van der Waals surface area (Å²) < 4.78 is 42.8. The fraction of sp³-hybridized carbons (Fsp3) is 0.318. The fourth-order valence-corrected chi connectivity index (χ4v) is 2.95. The summed E-state index contributed by atoms with van der Waals surface area (Å²) in [5, 5.41) is 13.0. The van der Waals surface area contributed by atoms with E-state index in [9.17, 15) is 13.2 Å². The van der Waals surface area contributed by atoms with E-state index >= 15 is 0 Å². The highest BCUT2D eigenvalue weighted by Crippen LogP contribution is 2.24. The van der Waals surface area contributed by atoms with E-state index < -0.39 is 12.8 Å². The van der Waals surface area contributed by atoms with Crippen molar-refractivity contribution in [3.05, 3.63) is 65.5 Å². The molecule has 1 aromatic heterocycles. The predicted molar refractivity (Wildman–Crippen MR) is 132 cm³/mol. The summed E-state index contributed by atoms with van der Waals surface area (Å²) in [6, 6.07) is 12.9. The first-order valence-corrected chi connectivity index (χ1v) is 10.1.